The van der Waals surface area contributed by atoms with Gasteiger partial charge in [-0.2, -0.15) is 13.2 Å². The Balaban J connectivity index is 3.00. The predicted molar refractivity (Wildman–Crippen MR) is 56.0 cm³/mol. The largest absolute Gasteiger partial charge is 0.479 e. The van der Waals surface area contributed by atoms with Crippen molar-refractivity contribution in [1.82, 2.24) is 5.32 Å². The number of carboxylic acid groups (broad SMARTS) is 1. The van der Waals surface area contributed by atoms with Crippen LogP contribution in [0.5, 0.6) is 0 Å². The number of furan rings is 1. The molecule has 18 heavy (non-hydrogen) atoms. The summed E-state index contributed by atoms with van der Waals surface area (Å²) < 4.78 is 42.7. The summed E-state index contributed by atoms with van der Waals surface area (Å²) in [5, 5.41) is 9.98. The third-order valence-corrected chi connectivity index (χ3v) is 2.58. The molecule has 1 amide bonds. The molecule has 5 nitrogen and oxygen atoms in total. The van der Waals surface area contributed by atoms with Crippen LogP contribution in [0.4, 0.5) is 13.2 Å². The van der Waals surface area contributed by atoms with Crippen LogP contribution in [-0.2, 0) is 4.79 Å². The molecule has 0 aromatic carbocycles. The van der Waals surface area contributed by atoms with Gasteiger partial charge in [0.05, 0.1) is 0 Å². The number of carboxylic acids is 1. The van der Waals surface area contributed by atoms with Crippen LogP contribution in [0.25, 0.3) is 0 Å². The molecule has 1 aromatic heterocycles. The zero-order valence-electron chi connectivity index (χ0n) is 8.84. The zero-order chi connectivity index (χ0) is 14.1. The Morgan fingerprint density at radius 3 is 2.28 bits per heavy atom. The van der Waals surface area contributed by atoms with Gasteiger partial charge < -0.3 is 14.8 Å². The fourth-order valence-corrected chi connectivity index (χ4v) is 1.28. The molecule has 1 rings (SSSR count). The first-order chi connectivity index (χ1) is 8.08. The van der Waals surface area contributed by atoms with E-state index in [2.05, 4.69) is 15.9 Å². The van der Waals surface area contributed by atoms with Crippen LogP contribution in [0.15, 0.2) is 21.2 Å². The van der Waals surface area contributed by atoms with Gasteiger partial charge in [-0.25, -0.2) is 4.79 Å². The number of aliphatic carboxylic acids is 1. The quantitative estimate of drug-likeness (QED) is 0.890. The van der Waals surface area contributed by atoms with E-state index in [4.69, 9.17) is 9.52 Å². The van der Waals surface area contributed by atoms with Crippen molar-refractivity contribution in [3.63, 3.8) is 0 Å². The Morgan fingerprint density at radius 1 is 1.39 bits per heavy atom. The lowest BCUT2D eigenvalue weighted by molar-refractivity contribution is -0.203. The summed E-state index contributed by atoms with van der Waals surface area (Å²) >= 11 is 2.86. The molecule has 0 bridgehead atoms. The topological polar surface area (TPSA) is 79.5 Å². The molecule has 1 atom stereocenters. The minimum atomic E-state index is -5.14. The number of nitrogens with one attached hydrogen (secondary N) is 1. The molecule has 1 unspecified atom stereocenters. The minimum absolute atomic E-state index is 0.136. The summed E-state index contributed by atoms with van der Waals surface area (Å²) in [5.74, 6) is -3.92. The molecule has 0 aliphatic carbocycles. The Labute approximate surface area is 107 Å². The van der Waals surface area contributed by atoms with Gasteiger partial charge in [-0.15, -0.1) is 0 Å². The number of carbonyl (C=O) groups excluding carboxylic acids is 1. The van der Waals surface area contributed by atoms with Gasteiger partial charge in [0, 0.05) is 0 Å². The maximum Gasteiger partial charge on any atom is 0.422 e. The molecule has 1 heterocycles. The average molecular weight is 330 g/mol. The monoisotopic (exact) mass is 329 g/mol. The second-order valence-electron chi connectivity index (χ2n) is 3.49. The number of rotatable bonds is 3. The van der Waals surface area contributed by atoms with Crippen molar-refractivity contribution >= 4 is 27.8 Å². The standard InChI is InChI=1S/C9H7BrF3NO4/c1-8(7(16)17,9(11,12)13)14-6(15)4-2-3-5(10)18-4/h2-3H,1H3,(H,14,15)(H,16,17). The van der Waals surface area contributed by atoms with Crippen molar-refractivity contribution in [2.45, 2.75) is 18.6 Å². The Bertz CT molecular complexity index is 484. The number of hydrogen-bond acceptors (Lipinski definition) is 3. The van der Waals surface area contributed by atoms with E-state index in [1.165, 1.54) is 11.4 Å². The van der Waals surface area contributed by atoms with Gasteiger partial charge in [-0.1, -0.05) is 0 Å². The highest BCUT2D eigenvalue weighted by Gasteiger charge is 2.58. The fraction of sp³-hybridized carbons (Fsp3) is 0.333. The highest BCUT2D eigenvalue weighted by molar-refractivity contribution is 9.10. The second kappa shape index (κ2) is 4.63. The molecule has 0 fully saturated rings. The first-order valence-corrected chi connectivity index (χ1v) is 5.25. The van der Waals surface area contributed by atoms with Gasteiger partial charge >= 0.3 is 12.1 Å². The number of alkyl halides is 3. The number of hydrogen-bond donors (Lipinski definition) is 2. The molecule has 100 valence electrons. The Hall–Kier alpha value is -1.51. The van der Waals surface area contributed by atoms with Crippen LogP contribution in [0.1, 0.15) is 17.5 Å². The smallest absolute Gasteiger partial charge is 0.422 e. The van der Waals surface area contributed by atoms with Crippen molar-refractivity contribution in [1.29, 1.82) is 0 Å². The normalized spacial score (nSPS) is 14.9. The summed E-state index contributed by atoms with van der Waals surface area (Å²) in [7, 11) is 0. The van der Waals surface area contributed by atoms with E-state index in [1.54, 1.807) is 0 Å². The molecule has 0 radical (unpaired) electrons. The third kappa shape index (κ3) is 2.66. The molecular formula is C9H7BrF3NO4. The summed E-state index contributed by atoms with van der Waals surface area (Å²) in [6, 6.07) is 2.40. The van der Waals surface area contributed by atoms with Gasteiger partial charge in [0.25, 0.3) is 5.91 Å². The first-order valence-electron chi connectivity index (χ1n) is 4.46. The van der Waals surface area contributed by atoms with E-state index >= 15 is 0 Å². The van der Waals surface area contributed by atoms with Crippen LogP contribution >= 0.6 is 15.9 Å². The molecule has 9 heteroatoms. The first kappa shape index (κ1) is 14.6. The van der Waals surface area contributed by atoms with Crippen molar-refractivity contribution < 1.29 is 32.3 Å². The van der Waals surface area contributed by atoms with E-state index < -0.39 is 29.4 Å². The summed E-state index contributed by atoms with van der Waals surface area (Å²) in [4.78, 5) is 22.1. The van der Waals surface area contributed by atoms with Crippen LogP contribution in [0.3, 0.4) is 0 Å². The maximum atomic E-state index is 12.6. The lowest BCUT2D eigenvalue weighted by atomic mass is 10.0. The fourth-order valence-electron chi connectivity index (χ4n) is 0.971. The number of halogens is 4. The average Bonchev–Trinajstić information content (AvgIpc) is 2.62. The van der Waals surface area contributed by atoms with Gasteiger partial charge in [0.2, 0.25) is 5.54 Å². The van der Waals surface area contributed by atoms with Gasteiger partial charge in [0.1, 0.15) is 0 Å². The molecule has 0 saturated heterocycles. The lowest BCUT2D eigenvalue weighted by Gasteiger charge is -2.27. The van der Waals surface area contributed by atoms with E-state index in [0.29, 0.717) is 6.92 Å². The molecule has 2 N–H and O–H groups in total. The van der Waals surface area contributed by atoms with Gasteiger partial charge in [0.15, 0.2) is 10.4 Å². The van der Waals surface area contributed by atoms with Crippen molar-refractivity contribution in [3.8, 4) is 0 Å². The SMILES string of the molecule is CC(NC(=O)c1ccc(Br)o1)(C(=O)O)C(F)(F)F. The molecule has 0 aliphatic heterocycles. The zero-order valence-corrected chi connectivity index (χ0v) is 10.4. The highest BCUT2D eigenvalue weighted by atomic mass is 79.9. The summed E-state index contributed by atoms with van der Waals surface area (Å²) in [5.41, 5.74) is -3.39. The minimum Gasteiger partial charge on any atom is -0.479 e. The number of carbonyl (C=O) groups is 2. The summed E-state index contributed by atoms with van der Waals surface area (Å²) in [6.45, 7) is 0.352. The number of amides is 1. The van der Waals surface area contributed by atoms with Gasteiger partial charge in [-0.05, 0) is 35.0 Å². The van der Waals surface area contributed by atoms with Crippen LogP contribution in [-0.4, -0.2) is 28.7 Å². The lowest BCUT2D eigenvalue weighted by Crippen LogP contribution is -2.61. The van der Waals surface area contributed by atoms with Crippen LogP contribution in [0, 0.1) is 0 Å². The molecule has 0 saturated carbocycles. The van der Waals surface area contributed by atoms with Crippen molar-refractivity contribution in [3.05, 3.63) is 22.6 Å². The highest BCUT2D eigenvalue weighted by Crippen LogP contribution is 2.30. The van der Waals surface area contributed by atoms with E-state index in [1.807, 2.05) is 0 Å². The third-order valence-electron chi connectivity index (χ3n) is 2.16. The van der Waals surface area contributed by atoms with Crippen LogP contribution in [0.2, 0.25) is 0 Å². The molecular weight excluding hydrogens is 323 g/mol. The van der Waals surface area contributed by atoms with Crippen LogP contribution < -0.4 is 5.32 Å². The molecule has 0 aliphatic rings. The van der Waals surface area contributed by atoms with Crippen molar-refractivity contribution in [2.24, 2.45) is 0 Å². The molecule has 0 spiro atoms. The van der Waals surface area contributed by atoms with Crippen molar-refractivity contribution in [2.75, 3.05) is 0 Å². The maximum absolute atomic E-state index is 12.6. The van der Waals surface area contributed by atoms with E-state index in [9.17, 15) is 22.8 Å². The Kier molecular flexibility index (Phi) is 3.75. The predicted octanol–water partition coefficient (Wildman–Crippen LogP) is 2.18. The molecule has 1 aromatic rings. The summed E-state index contributed by atoms with van der Waals surface area (Å²) in [6.07, 6.45) is -5.14. The van der Waals surface area contributed by atoms with E-state index in [0.717, 1.165) is 6.07 Å². The van der Waals surface area contributed by atoms with Gasteiger partial charge in [-0.3, -0.25) is 4.79 Å². The second-order valence-corrected chi connectivity index (χ2v) is 4.27. The Morgan fingerprint density at radius 2 is 1.94 bits per heavy atom. The van der Waals surface area contributed by atoms with E-state index in [-0.39, 0.29) is 4.67 Å².